The van der Waals surface area contributed by atoms with E-state index in [1.54, 1.807) is 11.8 Å². The number of rotatable bonds is 6. The average molecular weight is 274 g/mol. The Balaban J connectivity index is 2.57. The Bertz CT molecular complexity index is 316. The highest BCUT2D eigenvalue weighted by molar-refractivity contribution is 7.99. The van der Waals surface area contributed by atoms with Gasteiger partial charge in [-0.3, -0.25) is 4.79 Å². The van der Waals surface area contributed by atoms with Gasteiger partial charge in [-0.1, -0.05) is 20.8 Å². The third-order valence-corrected chi connectivity index (χ3v) is 4.62. The zero-order valence-electron chi connectivity index (χ0n) is 11.5. The molecular weight excluding hydrogens is 252 g/mol. The van der Waals surface area contributed by atoms with E-state index in [4.69, 9.17) is 9.47 Å². The van der Waals surface area contributed by atoms with Crippen molar-refractivity contribution < 1.29 is 19.1 Å². The zero-order valence-corrected chi connectivity index (χ0v) is 12.3. The molecular formula is C13H22O4S. The highest BCUT2D eigenvalue weighted by atomic mass is 32.2. The molecule has 1 aliphatic rings. The van der Waals surface area contributed by atoms with E-state index in [1.165, 1.54) is 0 Å². The van der Waals surface area contributed by atoms with Crippen LogP contribution in [0.1, 0.15) is 40.5 Å². The molecule has 1 aliphatic heterocycles. The Kier molecular flexibility index (Phi) is 5.50. The number of thioether (sulfide) groups is 1. The lowest BCUT2D eigenvalue weighted by Gasteiger charge is -2.27. The quantitative estimate of drug-likeness (QED) is 0.696. The summed E-state index contributed by atoms with van der Waals surface area (Å²) in [6.07, 6.45) is 0.474. The number of carbonyl (C=O) groups is 2. The smallest absolute Gasteiger partial charge is 0.347 e. The molecule has 0 N–H and O–H groups in total. The van der Waals surface area contributed by atoms with Gasteiger partial charge in [0.15, 0.2) is 0 Å². The summed E-state index contributed by atoms with van der Waals surface area (Å²) in [5.74, 6) is 0.00205. The van der Waals surface area contributed by atoms with Crippen LogP contribution >= 0.6 is 11.8 Å². The fourth-order valence-corrected chi connectivity index (χ4v) is 2.53. The normalized spacial score (nSPS) is 22.7. The van der Waals surface area contributed by atoms with Crippen molar-refractivity contribution >= 4 is 23.7 Å². The van der Waals surface area contributed by atoms with E-state index >= 15 is 0 Å². The fraction of sp³-hybridized carbons (Fsp3) is 0.846. The van der Waals surface area contributed by atoms with Crippen LogP contribution in [-0.4, -0.2) is 35.7 Å². The summed E-state index contributed by atoms with van der Waals surface area (Å²) in [6, 6.07) is 0. The summed E-state index contributed by atoms with van der Waals surface area (Å²) in [7, 11) is 0. The van der Waals surface area contributed by atoms with Crippen LogP contribution in [0.4, 0.5) is 0 Å². The predicted octanol–water partition coefficient (Wildman–Crippen LogP) is 2.40. The minimum Gasteiger partial charge on any atom is -0.463 e. The number of hydrogen-bond donors (Lipinski definition) is 0. The summed E-state index contributed by atoms with van der Waals surface area (Å²) >= 11 is 1.73. The molecule has 1 rings (SSSR count). The highest BCUT2D eigenvalue weighted by Crippen LogP contribution is 2.31. The van der Waals surface area contributed by atoms with Crippen LogP contribution in [-0.2, 0) is 19.1 Å². The first-order valence-corrected chi connectivity index (χ1v) is 7.43. The molecule has 0 aromatic heterocycles. The third kappa shape index (κ3) is 3.90. The monoisotopic (exact) mass is 274 g/mol. The standard InChI is InChI=1S/C13H22O4S/c1-5-13(4,8-18-9(2)3)12(15)17-10-6-7-16-11(10)14/h9-10H,5-8H2,1-4H3. The first kappa shape index (κ1) is 15.3. The molecule has 0 bridgehead atoms. The van der Waals surface area contributed by atoms with Gasteiger partial charge in [0.2, 0.25) is 6.10 Å². The number of cyclic esters (lactones) is 1. The van der Waals surface area contributed by atoms with Gasteiger partial charge in [0.25, 0.3) is 0 Å². The van der Waals surface area contributed by atoms with E-state index in [0.29, 0.717) is 30.5 Å². The van der Waals surface area contributed by atoms with Crippen LogP contribution in [0.2, 0.25) is 0 Å². The van der Waals surface area contributed by atoms with E-state index in [1.807, 2.05) is 13.8 Å². The lowest BCUT2D eigenvalue weighted by molar-refractivity contribution is -0.166. The van der Waals surface area contributed by atoms with Crippen molar-refractivity contribution in [2.75, 3.05) is 12.4 Å². The molecule has 18 heavy (non-hydrogen) atoms. The summed E-state index contributed by atoms with van der Waals surface area (Å²) in [4.78, 5) is 23.5. The molecule has 0 radical (unpaired) electrons. The highest BCUT2D eigenvalue weighted by Gasteiger charge is 2.38. The molecule has 4 nitrogen and oxygen atoms in total. The van der Waals surface area contributed by atoms with Gasteiger partial charge in [0, 0.05) is 12.2 Å². The molecule has 104 valence electrons. The Labute approximate surface area is 113 Å². The average Bonchev–Trinajstić information content (AvgIpc) is 2.72. The topological polar surface area (TPSA) is 52.6 Å². The van der Waals surface area contributed by atoms with Gasteiger partial charge >= 0.3 is 11.9 Å². The van der Waals surface area contributed by atoms with Crippen LogP contribution in [0.15, 0.2) is 0 Å². The van der Waals surface area contributed by atoms with Gasteiger partial charge in [-0.25, -0.2) is 4.79 Å². The summed E-state index contributed by atoms with van der Waals surface area (Å²) < 4.78 is 10.1. The van der Waals surface area contributed by atoms with Gasteiger partial charge in [-0.2, -0.15) is 11.8 Å². The molecule has 0 saturated carbocycles. The van der Waals surface area contributed by atoms with Crippen molar-refractivity contribution in [3.63, 3.8) is 0 Å². The van der Waals surface area contributed by atoms with E-state index < -0.39 is 17.5 Å². The van der Waals surface area contributed by atoms with E-state index in [-0.39, 0.29) is 5.97 Å². The van der Waals surface area contributed by atoms with Crippen LogP contribution in [0.3, 0.4) is 0 Å². The molecule has 0 aliphatic carbocycles. The van der Waals surface area contributed by atoms with Gasteiger partial charge in [0.1, 0.15) is 0 Å². The molecule has 2 atom stereocenters. The van der Waals surface area contributed by atoms with E-state index in [9.17, 15) is 9.59 Å². The van der Waals surface area contributed by atoms with Gasteiger partial charge in [-0.05, 0) is 18.6 Å². The van der Waals surface area contributed by atoms with Gasteiger partial charge in [0.05, 0.1) is 12.0 Å². The second kappa shape index (κ2) is 6.45. The first-order valence-electron chi connectivity index (χ1n) is 6.38. The lowest BCUT2D eigenvalue weighted by atomic mass is 9.90. The molecule has 0 amide bonds. The molecule has 1 saturated heterocycles. The molecule has 1 heterocycles. The number of hydrogen-bond acceptors (Lipinski definition) is 5. The number of esters is 2. The maximum absolute atomic E-state index is 12.2. The molecule has 1 fully saturated rings. The van der Waals surface area contributed by atoms with Crippen molar-refractivity contribution in [2.24, 2.45) is 5.41 Å². The van der Waals surface area contributed by atoms with Crippen molar-refractivity contribution in [2.45, 2.75) is 51.9 Å². The van der Waals surface area contributed by atoms with Crippen LogP contribution in [0.25, 0.3) is 0 Å². The Morgan fingerprint density at radius 1 is 1.61 bits per heavy atom. The maximum atomic E-state index is 12.2. The van der Waals surface area contributed by atoms with E-state index in [2.05, 4.69) is 13.8 Å². The molecule has 0 aromatic carbocycles. The predicted molar refractivity (Wildman–Crippen MR) is 71.4 cm³/mol. The summed E-state index contributed by atoms with van der Waals surface area (Å²) in [6.45, 7) is 8.40. The molecule has 0 aromatic rings. The number of carbonyl (C=O) groups excluding carboxylic acids is 2. The number of ether oxygens (including phenoxy) is 2. The van der Waals surface area contributed by atoms with Crippen LogP contribution < -0.4 is 0 Å². The Morgan fingerprint density at radius 2 is 2.28 bits per heavy atom. The molecule has 0 spiro atoms. The van der Waals surface area contributed by atoms with E-state index in [0.717, 1.165) is 0 Å². The second-order valence-electron chi connectivity index (χ2n) is 5.12. The Hall–Kier alpha value is -0.710. The fourth-order valence-electron chi connectivity index (χ4n) is 1.51. The molecule has 2 unspecified atom stereocenters. The van der Waals surface area contributed by atoms with Gasteiger partial charge < -0.3 is 9.47 Å². The van der Waals surface area contributed by atoms with Crippen molar-refractivity contribution in [3.05, 3.63) is 0 Å². The van der Waals surface area contributed by atoms with Crippen LogP contribution in [0, 0.1) is 5.41 Å². The summed E-state index contributed by atoms with van der Waals surface area (Å²) in [5, 5.41) is 0.472. The van der Waals surface area contributed by atoms with Crippen molar-refractivity contribution in [1.82, 2.24) is 0 Å². The first-order chi connectivity index (χ1) is 8.39. The van der Waals surface area contributed by atoms with Crippen molar-refractivity contribution in [1.29, 1.82) is 0 Å². The van der Waals surface area contributed by atoms with Crippen molar-refractivity contribution in [3.8, 4) is 0 Å². The Morgan fingerprint density at radius 3 is 2.72 bits per heavy atom. The SMILES string of the molecule is CCC(C)(CSC(C)C)C(=O)OC1CCOC1=O. The van der Waals surface area contributed by atoms with Gasteiger partial charge in [-0.15, -0.1) is 0 Å². The minimum absolute atomic E-state index is 0.290. The molecule has 5 heteroatoms. The summed E-state index contributed by atoms with van der Waals surface area (Å²) in [5.41, 5.74) is -0.530. The zero-order chi connectivity index (χ0) is 13.8. The third-order valence-electron chi connectivity index (χ3n) is 3.14. The van der Waals surface area contributed by atoms with Crippen LogP contribution in [0.5, 0.6) is 0 Å². The maximum Gasteiger partial charge on any atom is 0.347 e. The second-order valence-corrected chi connectivity index (χ2v) is 6.69. The largest absolute Gasteiger partial charge is 0.463 e. The lowest BCUT2D eigenvalue weighted by Crippen LogP contribution is -2.36. The minimum atomic E-state index is -0.701.